The number of aromatic nitrogens is 2. The van der Waals surface area contributed by atoms with Crippen molar-refractivity contribution in [2.24, 2.45) is 0 Å². The number of rotatable bonds is 6. The normalized spacial score (nSPS) is 13.0. The third kappa shape index (κ3) is 4.16. The summed E-state index contributed by atoms with van der Waals surface area (Å²) in [4.78, 5) is 50.5. The zero-order chi connectivity index (χ0) is 19.4. The number of hydrogen-bond acceptors (Lipinski definition) is 5. The Labute approximate surface area is 154 Å². The van der Waals surface area contributed by atoms with Crippen molar-refractivity contribution in [3.05, 3.63) is 61.9 Å². The molecule has 0 spiro atoms. The highest BCUT2D eigenvalue weighted by Gasteiger charge is 2.19. The lowest BCUT2D eigenvalue weighted by molar-refractivity contribution is -0.121. The van der Waals surface area contributed by atoms with E-state index in [9.17, 15) is 24.3 Å². The van der Waals surface area contributed by atoms with Crippen LogP contribution in [-0.4, -0.2) is 32.9 Å². The summed E-state index contributed by atoms with van der Waals surface area (Å²) in [6.07, 6.45) is 3.08. The Morgan fingerprint density at radius 1 is 1.15 bits per heavy atom. The highest BCUT2D eigenvalue weighted by Crippen LogP contribution is 2.17. The molecule has 0 radical (unpaired) electrons. The van der Waals surface area contributed by atoms with Crippen LogP contribution in [0.2, 0.25) is 0 Å². The number of benzene rings is 1. The standard InChI is InChI=1S/C19H21N3O5/c23-15-8-4-2-6-13(15)16(24)11-20-17(25)9-10-22-14-7-3-1-5-12(14)18(26)21-19(22)27/h2,4,6,8,23H,1,3,5,7,9-11H2,(H,20,25)(H,21,26,27). The van der Waals surface area contributed by atoms with E-state index in [1.165, 1.54) is 16.7 Å². The number of amides is 1. The molecule has 8 heteroatoms. The summed E-state index contributed by atoms with van der Waals surface area (Å²) in [5, 5.41) is 12.2. The predicted molar refractivity (Wildman–Crippen MR) is 98.0 cm³/mol. The molecule has 3 N–H and O–H groups in total. The minimum Gasteiger partial charge on any atom is -0.507 e. The van der Waals surface area contributed by atoms with Crippen LogP contribution in [0, 0.1) is 0 Å². The van der Waals surface area contributed by atoms with Crippen LogP contribution < -0.4 is 16.6 Å². The number of aromatic hydroxyl groups is 1. The number of fused-ring (bicyclic) bond motifs is 1. The molecule has 1 aromatic carbocycles. The van der Waals surface area contributed by atoms with E-state index in [1.807, 2.05) is 0 Å². The van der Waals surface area contributed by atoms with Crippen molar-refractivity contribution in [1.82, 2.24) is 14.9 Å². The lowest BCUT2D eigenvalue weighted by Gasteiger charge is -2.19. The second-order valence-corrected chi connectivity index (χ2v) is 6.51. The van der Waals surface area contributed by atoms with Crippen LogP contribution in [0.5, 0.6) is 5.75 Å². The van der Waals surface area contributed by atoms with Crippen LogP contribution in [0.4, 0.5) is 0 Å². The smallest absolute Gasteiger partial charge is 0.328 e. The number of nitrogens with zero attached hydrogens (tertiary/aromatic N) is 1. The average Bonchev–Trinajstić information content (AvgIpc) is 2.66. The van der Waals surface area contributed by atoms with Gasteiger partial charge in [-0.05, 0) is 37.8 Å². The number of Topliss-reactive ketones (excluding diaryl/α,β-unsaturated/α-hetero) is 1. The maximum Gasteiger partial charge on any atom is 0.328 e. The highest BCUT2D eigenvalue weighted by molar-refractivity contribution is 6.01. The van der Waals surface area contributed by atoms with Crippen LogP contribution in [0.25, 0.3) is 0 Å². The maximum absolute atomic E-state index is 12.1. The Kier molecular flexibility index (Phi) is 5.54. The first kappa shape index (κ1) is 18.6. The molecule has 8 nitrogen and oxygen atoms in total. The molecular formula is C19H21N3O5. The number of carbonyl (C=O) groups is 2. The minimum atomic E-state index is -0.515. The molecule has 0 fully saturated rings. The van der Waals surface area contributed by atoms with E-state index in [0.717, 1.165) is 12.8 Å². The summed E-state index contributed by atoms with van der Waals surface area (Å²) < 4.78 is 1.44. The molecule has 0 bridgehead atoms. The summed E-state index contributed by atoms with van der Waals surface area (Å²) in [7, 11) is 0. The molecular weight excluding hydrogens is 350 g/mol. The Morgan fingerprint density at radius 2 is 1.89 bits per heavy atom. The fraction of sp³-hybridized carbons (Fsp3) is 0.368. The number of hydrogen-bond donors (Lipinski definition) is 3. The van der Waals surface area contributed by atoms with Crippen molar-refractivity contribution >= 4 is 11.7 Å². The number of phenolic OH excluding ortho intramolecular Hbond substituents is 1. The predicted octanol–water partition coefficient (Wildman–Crippen LogP) is 0.510. The molecule has 3 rings (SSSR count). The fourth-order valence-corrected chi connectivity index (χ4v) is 3.32. The minimum absolute atomic E-state index is 0.00639. The fourth-order valence-electron chi connectivity index (χ4n) is 3.32. The van der Waals surface area contributed by atoms with E-state index in [1.54, 1.807) is 12.1 Å². The molecule has 0 atom stereocenters. The third-order valence-corrected chi connectivity index (χ3v) is 4.72. The van der Waals surface area contributed by atoms with E-state index in [2.05, 4.69) is 10.3 Å². The maximum atomic E-state index is 12.1. The topological polar surface area (TPSA) is 121 Å². The Balaban J connectivity index is 1.62. The van der Waals surface area contributed by atoms with Crippen molar-refractivity contribution in [1.29, 1.82) is 0 Å². The van der Waals surface area contributed by atoms with Gasteiger partial charge >= 0.3 is 5.69 Å². The Morgan fingerprint density at radius 3 is 2.67 bits per heavy atom. The lowest BCUT2D eigenvalue weighted by atomic mass is 9.97. The first-order chi connectivity index (χ1) is 13.0. The van der Waals surface area contributed by atoms with Gasteiger partial charge in [0.25, 0.3) is 5.56 Å². The monoisotopic (exact) mass is 371 g/mol. The van der Waals surface area contributed by atoms with E-state index < -0.39 is 11.5 Å². The van der Waals surface area contributed by atoms with Crippen molar-refractivity contribution in [2.45, 2.75) is 38.6 Å². The second kappa shape index (κ2) is 8.03. The van der Waals surface area contributed by atoms with Gasteiger partial charge in [-0.15, -0.1) is 0 Å². The first-order valence-electron chi connectivity index (χ1n) is 8.90. The van der Waals surface area contributed by atoms with Crippen LogP contribution in [0.1, 0.15) is 40.9 Å². The van der Waals surface area contributed by atoms with Crippen LogP contribution in [-0.2, 0) is 24.2 Å². The molecule has 0 saturated carbocycles. The summed E-state index contributed by atoms with van der Waals surface area (Å²) in [5.74, 6) is -0.926. The second-order valence-electron chi connectivity index (χ2n) is 6.51. The lowest BCUT2D eigenvalue weighted by Crippen LogP contribution is -2.38. The molecule has 1 heterocycles. The largest absolute Gasteiger partial charge is 0.507 e. The summed E-state index contributed by atoms with van der Waals surface area (Å²) in [5.41, 5.74) is 0.607. The zero-order valence-corrected chi connectivity index (χ0v) is 14.8. The highest BCUT2D eigenvalue weighted by atomic mass is 16.3. The van der Waals surface area contributed by atoms with Gasteiger partial charge in [0, 0.05) is 24.2 Å². The van der Waals surface area contributed by atoms with Gasteiger partial charge in [-0.3, -0.25) is 23.9 Å². The van der Waals surface area contributed by atoms with Gasteiger partial charge in [0.15, 0.2) is 5.78 Å². The molecule has 0 saturated heterocycles. The molecule has 1 amide bonds. The number of carbonyl (C=O) groups excluding carboxylic acids is 2. The Hall–Kier alpha value is -3.16. The van der Waals surface area contributed by atoms with Gasteiger partial charge < -0.3 is 10.4 Å². The number of para-hydroxylation sites is 1. The molecule has 0 unspecified atom stereocenters. The SMILES string of the molecule is O=C(CCn1c2c(c(=O)[nH]c1=O)CCCC2)NCC(=O)c1ccccc1O. The summed E-state index contributed by atoms with van der Waals surface area (Å²) >= 11 is 0. The molecule has 2 aromatic rings. The van der Waals surface area contributed by atoms with Gasteiger partial charge in [0.2, 0.25) is 5.91 Å². The van der Waals surface area contributed by atoms with Gasteiger partial charge in [-0.2, -0.15) is 0 Å². The first-order valence-corrected chi connectivity index (χ1v) is 8.90. The van der Waals surface area contributed by atoms with Crippen LogP contribution in [0.15, 0.2) is 33.9 Å². The summed E-state index contributed by atoms with van der Waals surface area (Å²) in [6.45, 7) is -0.108. The number of ketones is 1. The van der Waals surface area contributed by atoms with E-state index in [4.69, 9.17) is 0 Å². The van der Waals surface area contributed by atoms with Crippen LogP contribution in [0.3, 0.4) is 0 Å². The zero-order valence-electron chi connectivity index (χ0n) is 14.8. The van der Waals surface area contributed by atoms with Crippen LogP contribution >= 0.6 is 0 Å². The van der Waals surface area contributed by atoms with Gasteiger partial charge in [-0.1, -0.05) is 12.1 Å². The molecule has 1 aliphatic carbocycles. The number of H-pyrrole nitrogens is 1. The number of aromatic amines is 1. The van der Waals surface area contributed by atoms with Gasteiger partial charge in [0.1, 0.15) is 5.75 Å². The quantitative estimate of drug-likeness (QED) is 0.639. The van der Waals surface area contributed by atoms with Crippen molar-refractivity contribution in [3.8, 4) is 5.75 Å². The number of phenols is 1. The van der Waals surface area contributed by atoms with Gasteiger partial charge in [-0.25, -0.2) is 4.79 Å². The molecule has 1 aromatic heterocycles. The number of nitrogens with one attached hydrogen (secondary N) is 2. The average molecular weight is 371 g/mol. The third-order valence-electron chi connectivity index (χ3n) is 4.72. The van der Waals surface area contributed by atoms with Crippen molar-refractivity contribution < 1.29 is 14.7 Å². The van der Waals surface area contributed by atoms with Gasteiger partial charge in [0.05, 0.1) is 12.1 Å². The Bertz CT molecular complexity index is 990. The molecule has 27 heavy (non-hydrogen) atoms. The molecule has 142 valence electrons. The van der Waals surface area contributed by atoms with E-state index in [0.29, 0.717) is 24.1 Å². The van der Waals surface area contributed by atoms with E-state index >= 15 is 0 Å². The van der Waals surface area contributed by atoms with Crippen molar-refractivity contribution in [2.75, 3.05) is 6.54 Å². The summed E-state index contributed by atoms with van der Waals surface area (Å²) in [6, 6.07) is 6.12. The van der Waals surface area contributed by atoms with E-state index in [-0.39, 0.29) is 42.3 Å². The molecule has 0 aliphatic heterocycles. The van der Waals surface area contributed by atoms with Crippen molar-refractivity contribution in [3.63, 3.8) is 0 Å². The molecule has 1 aliphatic rings.